The third kappa shape index (κ3) is 4.30. The van der Waals surface area contributed by atoms with Crippen molar-refractivity contribution in [3.05, 3.63) is 107 Å². The molecule has 0 fully saturated rings. The number of halogens is 1. The van der Waals surface area contributed by atoms with Gasteiger partial charge in [0, 0.05) is 31.0 Å². The lowest BCUT2D eigenvalue weighted by molar-refractivity contribution is -0.138. The smallest absolute Gasteiger partial charge is 0.278 e. The summed E-state index contributed by atoms with van der Waals surface area (Å²) in [4.78, 5) is 34.0. The highest BCUT2D eigenvalue weighted by Crippen LogP contribution is 2.33. The number of hydrogen-bond acceptors (Lipinski definition) is 4. The van der Waals surface area contributed by atoms with Crippen LogP contribution in [0.5, 0.6) is 0 Å². The zero-order chi connectivity index (χ0) is 22.5. The molecule has 1 aliphatic rings. The molecule has 2 heterocycles. The molecule has 2 amide bonds. The fourth-order valence-electron chi connectivity index (χ4n) is 3.90. The highest BCUT2D eigenvalue weighted by Gasteiger charge is 2.41. The molecule has 3 aromatic rings. The summed E-state index contributed by atoms with van der Waals surface area (Å²) < 4.78 is 14.3. The predicted molar refractivity (Wildman–Crippen MR) is 121 cm³/mol. The van der Waals surface area contributed by atoms with Crippen molar-refractivity contribution in [3.8, 4) is 0 Å². The van der Waals surface area contributed by atoms with Gasteiger partial charge in [-0.3, -0.25) is 19.5 Å². The number of likely N-dealkylation sites (N-methyl/N-ethyl adjacent to an activating group) is 1. The third-order valence-corrected chi connectivity index (χ3v) is 5.61. The second-order valence-corrected chi connectivity index (χ2v) is 7.56. The Labute approximate surface area is 186 Å². The molecule has 1 aromatic heterocycles. The Balaban J connectivity index is 1.69. The van der Waals surface area contributed by atoms with Crippen molar-refractivity contribution in [2.24, 2.45) is 0 Å². The normalized spacial score (nSPS) is 13.8. The first kappa shape index (κ1) is 21.4. The molecule has 4 rings (SSSR count). The Hall–Kier alpha value is -3.80. The summed E-state index contributed by atoms with van der Waals surface area (Å²) in [5.41, 5.74) is 2.82. The average Bonchev–Trinajstić information content (AvgIpc) is 3.07. The predicted octanol–water partition coefficient (Wildman–Crippen LogP) is 4.07. The van der Waals surface area contributed by atoms with Gasteiger partial charge >= 0.3 is 0 Å². The van der Waals surface area contributed by atoms with Gasteiger partial charge in [0.15, 0.2) is 0 Å². The molecule has 0 N–H and O–H groups in total. The quantitative estimate of drug-likeness (QED) is 0.507. The fourth-order valence-corrected chi connectivity index (χ4v) is 3.90. The third-order valence-electron chi connectivity index (χ3n) is 5.61. The van der Waals surface area contributed by atoms with E-state index >= 15 is 0 Å². The molecule has 162 valence electrons. The van der Waals surface area contributed by atoms with Gasteiger partial charge in [0.05, 0.1) is 12.1 Å². The summed E-state index contributed by atoms with van der Waals surface area (Å²) >= 11 is 0. The standard InChI is InChI=1S/C26H24FN3O2/c1-2-29(17-14-19-12-15-28-16-13-19)24-23(20-8-4-3-5-9-20)25(31)30(26(24)32)18-21-10-6-7-11-22(21)27/h3-13,15-16H,2,14,17-18H2,1H3. The molecule has 0 unspecified atom stereocenters. The summed E-state index contributed by atoms with van der Waals surface area (Å²) in [6, 6.07) is 19.3. The van der Waals surface area contributed by atoms with E-state index in [0.717, 1.165) is 10.5 Å². The molecule has 0 bridgehead atoms. The van der Waals surface area contributed by atoms with Gasteiger partial charge < -0.3 is 4.90 Å². The van der Waals surface area contributed by atoms with Crippen LogP contribution in [0.15, 0.2) is 84.8 Å². The first-order valence-electron chi connectivity index (χ1n) is 10.6. The van der Waals surface area contributed by atoms with E-state index < -0.39 is 17.6 Å². The molecule has 6 heteroatoms. The topological polar surface area (TPSA) is 53.5 Å². The van der Waals surface area contributed by atoms with E-state index in [1.807, 2.05) is 54.3 Å². The van der Waals surface area contributed by atoms with E-state index in [0.29, 0.717) is 41.9 Å². The van der Waals surface area contributed by atoms with Crippen LogP contribution in [0.1, 0.15) is 23.6 Å². The van der Waals surface area contributed by atoms with E-state index in [9.17, 15) is 14.0 Å². The minimum atomic E-state index is -0.437. The van der Waals surface area contributed by atoms with Gasteiger partial charge in [0.25, 0.3) is 11.8 Å². The Morgan fingerprint density at radius 1 is 0.906 bits per heavy atom. The van der Waals surface area contributed by atoms with Gasteiger partial charge in [0.2, 0.25) is 0 Å². The van der Waals surface area contributed by atoms with Crippen LogP contribution in [0, 0.1) is 5.82 Å². The lowest BCUT2D eigenvalue weighted by Crippen LogP contribution is -2.35. The van der Waals surface area contributed by atoms with E-state index in [1.54, 1.807) is 30.6 Å². The Morgan fingerprint density at radius 2 is 1.59 bits per heavy atom. The van der Waals surface area contributed by atoms with Gasteiger partial charge in [0.1, 0.15) is 11.5 Å². The lowest BCUT2D eigenvalue weighted by atomic mass is 10.0. The molecular formula is C26H24FN3O2. The van der Waals surface area contributed by atoms with Crippen molar-refractivity contribution in [1.29, 1.82) is 0 Å². The monoisotopic (exact) mass is 429 g/mol. The molecule has 0 saturated heterocycles. The number of imide groups is 1. The minimum absolute atomic E-state index is 0.105. The molecule has 0 radical (unpaired) electrons. The van der Waals surface area contributed by atoms with E-state index in [2.05, 4.69) is 4.98 Å². The maximum atomic E-state index is 14.3. The highest BCUT2D eigenvalue weighted by atomic mass is 19.1. The van der Waals surface area contributed by atoms with Crippen molar-refractivity contribution in [2.75, 3.05) is 13.1 Å². The molecule has 0 saturated carbocycles. The second kappa shape index (κ2) is 9.56. The number of carbonyl (C=O) groups excluding carboxylic acids is 2. The summed E-state index contributed by atoms with van der Waals surface area (Å²) in [5.74, 6) is -1.23. The van der Waals surface area contributed by atoms with Crippen molar-refractivity contribution in [2.45, 2.75) is 19.9 Å². The molecule has 0 spiro atoms. The molecule has 5 nitrogen and oxygen atoms in total. The Kier molecular flexibility index (Phi) is 6.40. The summed E-state index contributed by atoms with van der Waals surface area (Å²) in [5, 5.41) is 0. The van der Waals surface area contributed by atoms with Crippen LogP contribution in [0.4, 0.5) is 4.39 Å². The molecule has 1 aliphatic heterocycles. The molecular weight excluding hydrogens is 405 g/mol. The van der Waals surface area contributed by atoms with Crippen molar-refractivity contribution in [1.82, 2.24) is 14.8 Å². The van der Waals surface area contributed by atoms with Crippen LogP contribution in [0.3, 0.4) is 0 Å². The minimum Gasteiger partial charge on any atom is -0.366 e. The second-order valence-electron chi connectivity index (χ2n) is 7.56. The number of rotatable bonds is 8. The van der Waals surface area contributed by atoms with Crippen molar-refractivity contribution in [3.63, 3.8) is 0 Å². The number of pyridine rings is 1. The molecule has 0 atom stereocenters. The fraction of sp³-hybridized carbons (Fsp3) is 0.192. The zero-order valence-corrected chi connectivity index (χ0v) is 17.9. The summed E-state index contributed by atoms with van der Waals surface area (Å²) in [6.45, 7) is 2.98. The van der Waals surface area contributed by atoms with Crippen LogP contribution in [-0.4, -0.2) is 39.7 Å². The van der Waals surface area contributed by atoms with Crippen LogP contribution in [0.25, 0.3) is 5.57 Å². The van der Waals surface area contributed by atoms with Gasteiger partial charge in [-0.05, 0) is 42.7 Å². The summed E-state index contributed by atoms with van der Waals surface area (Å²) in [6.07, 6.45) is 4.18. The van der Waals surface area contributed by atoms with E-state index in [-0.39, 0.29) is 6.54 Å². The maximum Gasteiger partial charge on any atom is 0.278 e. The van der Waals surface area contributed by atoms with Gasteiger partial charge in [-0.2, -0.15) is 0 Å². The van der Waals surface area contributed by atoms with Crippen LogP contribution in [0.2, 0.25) is 0 Å². The van der Waals surface area contributed by atoms with E-state index in [1.165, 1.54) is 6.07 Å². The number of aromatic nitrogens is 1. The molecule has 2 aromatic carbocycles. The van der Waals surface area contributed by atoms with E-state index in [4.69, 9.17) is 0 Å². The average molecular weight is 429 g/mol. The van der Waals surface area contributed by atoms with Gasteiger partial charge in [-0.1, -0.05) is 48.5 Å². The van der Waals surface area contributed by atoms with Crippen LogP contribution < -0.4 is 0 Å². The number of amides is 2. The number of nitrogens with zero attached hydrogens (tertiary/aromatic N) is 3. The Morgan fingerprint density at radius 3 is 2.28 bits per heavy atom. The molecule has 0 aliphatic carbocycles. The number of hydrogen-bond donors (Lipinski definition) is 0. The largest absolute Gasteiger partial charge is 0.366 e. The van der Waals surface area contributed by atoms with Crippen LogP contribution in [-0.2, 0) is 22.6 Å². The molecule has 32 heavy (non-hydrogen) atoms. The first-order valence-corrected chi connectivity index (χ1v) is 10.6. The van der Waals surface area contributed by atoms with Crippen LogP contribution >= 0.6 is 0 Å². The van der Waals surface area contributed by atoms with Crippen molar-refractivity contribution >= 4 is 17.4 Å². The number of benzene rings is 2. The maximum absolute atomic E-state index is 14.3. The lowest BCUT2D eigenvalue weighted by Gasteiger charge is -2.25. The Bertz CT molecular complexity index is 1150. The first-order chi connectivity index (χ1) is 15.6. The number of carbonyl (C=O) groups is 2. The SMILES string of the molecule is CCN(CCc1ccncc1)C1=C(c2ccccc2)C(=O)N(Cc2ccccc2F)C1=O. The zero-order valence-electron chi connectivity index (χ0n) is 17.9. The van der Waals surface area contributed by atoms with Gasteiger partial charge in [-0.15, -0.1) is 0 Å². The van der Waals surface area contributed by atoms with Crippen molar-refractivity contribution < 1.29 is 14.0 Å². The van der Waals surface area contributed by atoms with Gasteiger partial charge in [-0.25, -0.2) is 4.39 Å². The summed E-state index contributed by atoms with van der Waals surface area (Å²) in [7, 11) is 0. The highest BCUT2D eigenvalue weighted by molar-refractivity contribution is 6.35.